The van der Waals surface area contributed by atoms with Gasteiger partial charge in [0.1, 0.15) is 0 Å². The molecule has 1 nitrogen and oxygen atoms in total. The van der Waals surface area contributed by atoms with E-state index in [0.29, 0.717) is 0 Å². The molecule has 0 spiro atoms. The van der Waals surface area contributed by atoms with Gasteiger partial charge in [-0.25, -0.2) is 0 Å². The molecular formula is HCuLiOTi. The van der Waals surface area contributed by atoms with E-state index >= 15 is 0 Å². The molecule has 23 valence electrons. The Hall–Kier alpha value is 1.63. The van der Waals surface area contributed by atoms with Gasteiger partial charge >= 0.3 is 42.6 Å². The molecule has 0 aliphatic heterocycles. The Bertz CT molecular complexity index is 8.00. The van der Waals surface area contributed by atoms with Crippen molar-refractivity contribution < 1.29 is 40.8 Å². The van der Waals surface area contributed by atoms with Gasteiger partial charge in [0.05, 0.1) is 0 Å². The maximum absolute atomic E-state index is 8.25. The summed E-state index contributed by atoms with van der Waals surface area (Å²) in [5.74, 6) is 0. The SMILES string of the molecule is [Cu].[LiH].[O]=[Ti]. The van der Waals surface area contributed by atoms with Gasteiger partial charge in [-0.3, -0.25) is 0 Å². The molecule has 0 aromatic rings. The fourth-order valence-corrected chi connectivity index (χ4v) is 0. The zero-order valence-electron chi connectivity index (χ0n) is 1.21. The van der Waals surface area contributed by atoms with Crippen LogP contribution in [0, 0.1) is 0 Å². The molecule has 0 fully saturated rings. The first-order valence-electron chi connectivity index (χ1n) is 0.204. The maximum atomic E-state index is 8.25. The molecule has 4 heteroatoms. The molecule has 0 heterocycles. The molecule has 0 rings (SSSR count). The van der Waals surface area contributed by atoms with Gasteiger partial charge in [-0.1, -0.05) is 0 Å². The Morgan fingerprint density at radius 1 is 1.25 bits per heavy atom. The Kier molecular flexibility index (Phi) is 100. The average Bonchev–Trinajstić information content (AvgIpc) is 1.00. The first kappa shape index (κ1) is 17.4. The summed E-state index contributed by atoms with van der Waals surface area (Å²) in [4.78, 5) is 0. The molecule has 0 aliphatic rings. The minimum absolute atomic E-state index is 0. The van der Waals surface area contributed by atoms with Crippen molar-refractivity contribution in [2.75, 3.05) is 0 Å². The molecule has 0 atom stereocenters. The van der Waals surface area contributed by atoms with Crippen LogP contribution in [-0.2, 0) is 40.8 Å². The Morgan fingerprint density at radius 3 is 1.25 bits per heavy atom. The van der Waals surface area contributed by atoms with Crippen LogP contribution in [-0.4, -0.2) is 18.9 Å². The van der Waals surface area contributed by atoms with E-state index in [-0.39, 0.29) is 35.9 Å². The van der Waals surface area contributed by atoms with Crippen molar-refractivity contribution in [3.05, 3.63) is 0 Å². The van der Waals surface area contributed by atoms with Crippen molar-refractivity contribution in [3.63, 3.8) is 0 Å². The molecule has 0 saturated carbocycles. The van der Waals surface area contributed by atoms with Crippen LogP contribution in [0.15, 0.2) is 0 Å². The van der Waals surface area contributed by atoms with E-state index in [4.69, 9.17) is 3.32 Å². The van der Waals surface area contributed by atoms with Gasteiger partial charge in [-0.05, 0) is 0 Å². The molecule has 0 unspecified atom stereocenters. The molecule has 0 amide bonds. The van der Waals surface area contributed by atoms with Gasteiger partial charge in [0.2, 0.25) is 0 Å². The van der Waals surface area contributed by atoms with E-state index in [1.807, 2.05) is 0 Å². The van der Waals surface area contributed by atoms with Gasteiger partial charge in [0.25, 0.3) is 0 Å². The number of hydrogen-bond donors (Lipinski definition) is 0. The van der Waals surface area contributed by atoms with Gasteiger partial charge in [-0.15, -0.1) is 0 Å². The second kappa shape index (κ2) is 23.0. The molecule has 4 heavy (non-hydrogen) atoms. The van der Waals surface area contributed by atoms with E-state index in [0.717, 1.165) is 20.4 Å². The quantitative estimate of drug-likeness (QED) is 0.399. The second-order valence-corrected chi connectivity index (χ2v) is 0. The fourth-order valence-electron chi connectivity index (χ4n) is 0. The predicted molar refractivity (Wildman–Crippen MR) is 7.84 cm³/mol. The standard InChI is InChI=1S/Cu.Li.O.Ti.H. The molecule has 0 saturated heterocycles. The van der Waals surface area contributed by atoms with Crippen LogP contribution in [0.1, 0.15) is 0 Å². The van der Waals surface area contributed by atoms with Crippen molar-refractivity contribution in [1.29, 1.82) is 0 Å². The minimum atomic E-state index is 0. The summed E-state index contributed by atoms with van der Waals surface area (Å²) in [6.45, 7) is 0. The van der Waals surface area contributed by atoms with Crippen molar-refractivity contribution in [3.8, 4) is 0 Å². The Labute approximate surface area is 59.3 Å². The molecule has 0 aromatic carbocycles. The molecule has 0 aliphatic carbocycles. The van der Waals surface area contributed by atoms with Crippen molar-refractivity contribution >= 4 is 18.9 Å². The summed E-state index contributed by atoms with van der Waals surface area (Å²) >= 11 is 0.750. The molecule has 0 N–H and O–H groups in total. The third-order valence-corrected chi connectivity index (χ3v) is 0. The van der Waals surface area contributed by atoms with Gasteiger partial charge in [-0.2, -0.15) is 0 Å². The van der Waals surface area contributed by atoms with Crippen LogP contribution in [0.4, 0.5) is 0 Å². The Balaban J connectivity index is -0.00000000500. The molecule has 0 aromatic heterocycles. The van der Waals surface area contributed by atoms with Crippen LogP contribution in [0.2, 0.25) is 0 Å². The summed E-state index contributed by atoms with van der Waals surface area (Å²) in [5.41, 5.74) is 0. The van der Waals surface area contributed by atoms with Crippen LogP contribution in [0.5, 0.6) is 0 Å². The summed E-state index contributed by atoms with van der Waals surface area (Å²) in [6, 6.07) is 0. The van der Waals surface area contributed by atoms with Crippen molar-refractivity contribution in [1.82, 2.24) is 0 Å². The molecule has 0 bridgehead atoms. The van der Waals surface area contributed by atoms with E-state index < -0.39 is 0 Å². The third kappa shape index (κ3) is 9.45. The topological polar surface area (TPSA) is 17.1 Å². The summed E-state index contributed by atoms with van der Waals surface area (Å²) < 4.78 is 8.25. The van der Waals surface area contributed by atoms with E-state index in [9.17, 15) is 0 Å². The van der Waals surface area contributed by atoms with Crippen LogP contribution < -0.4 is 0 Å². The van der Waals surface area contributed by atoms with Crippen molar-refractivity contribution in [2.45, 2.75) is 0 Å². The zero-order valence-corrected chi connectivity index (χ0v) is 3.71. The summed E-state index contributed by atoms with van der Waals surface area (Å²) in [6.07, 6.45) is 0. The third-order valence-electron chi connectivity index (χ3n) is 0. The fraction of sp³-hybridized carbons (Fsp3) is 0. The monoisotopic (exact) mass is 135 g/mol. The second-order valence-electron chi connectivity index (χ2n) is 0. The molecule has 1 radical (unpaired) electrons. The first-order chi connectivity index (χ1) is 1.00. The normalized spacial score (nSPS) is 0.750. The van der Waals surface area contributed by atoms with Crippen LogP contribution in [0.25, 0.3) is 0 Å². The first-order valence-corrected chi connectivity index (χ1v) is 0.842. The van der Waals surface area contributed by atoms with E-state index in [1.165, 1.54) is 0 Å². The van der Waals surface area contributed by atoms with Gasteiger partial charge < -0.3 is 0 Å². The number of hydrogen-bond acceptors (Lipinski definition) is 1. The van der Waals surface area contributed by atoms with E-state index in [2.05, 4.69) is 0 Å². The van der Waals surface area contributed by atoms with Crippen molar-refractivity contribution in [2.24, 2.45) is 0 Å². The summed E-state index contributed by atoms with van der Waals surface area (Å²) in [7, 11) is 0. The van der Waals surface area contributed by atoms with Crippen LogP contribution in [0.3, 0.4) is 0 Å². The predicted octanol–water partition coefficient (Wildman–Crippen LogP) is -0.772. The van der Waals surface area contributed by atoms with E-state index in [1.54, 1.807) is 0 Å². The number of rotatable bonds is 0. The zero-order chi connectivity index (χ0) is 2.00. The summed E-state index contributed by atoms with van der Waals surface area (Å²) in [5, 5.41) is 0. The van der Waals surface area contributed by atoms with Gasteiger partial charge in [0.15, 0.2) is 0 Å². The van der Waals surface area contributed by atoms with Crippen LogP contribution >= 0.6 is 0 Å². The van der Waals surface area contributed by atoms with Gasteiger partial charge in [0, 0.05) is 17.1 Å². The molecular weight excluding hydrogens is 134 g/mol. The Morgan fingerprint density at radius 2 is 1.25 bits per heavy atom. The average molecular weight is 135 g/mol.